The molecule has 0 radical (unpaired) electrons. The van der Waals surface area contributed by atoms with E-state index in [9.17, 15) is 9.59 Å². The van der Waals surface area contributed by atoms with E-state index in [1.54, 1.807) is 7.11 Å². The second-order valence-corrected chi connectivity index (χ2v) is 10.4. The minimum absolute atomic E-state index is 0.0282. The molecular formula is C29H39N5O3. The maximum Gasteiger partial charge on any atom is 0.262 e. The number of anilines is 1. The molecule has 1 aliphatic heterocycles. The quantitative estimate of drug-likeness (QED) is 0.526. The average molecular weight is 506 g/mol. The van der Waals surface area contributed by atoms with Crippen LogP contribution in [0.15, 0.2) is 41.2 Å². The van der Waals surface area contributed by atoms with Crippen LogP contribution < -0.4 is 20.5 Å². The molecule has 1 amide bonds. The number of carbonyl (C=O) groups excluding carboxylic acids is 1. The number of hydrogen-bond donors (Lipinski definition) is 1. The summed E-state index contributed by atoms with van der Waals surface area (Å²) in [5.74, 6) is 0.929. The maximum absolute atomic E-state index is 13.9. The number of rotatable bonds is 7. The molecule has 3 aromatic rings. The summed E-state index contributed by atoms with van der Waals surface area (Å²) in [6, 6.07) is 12.1. The van der Waals surface area contributed by atoms with Crippen LogP contribution in [0.4, 0.5) is 5.69 Å². The van der Waals surface area contributed by atoms with Gasteiger partial charge in [0.1, 0.15) is 18.1 Å². The maximum atomic E-state index is 13.9. The number of carbonyl (C=O) groups is 1. The molecule has 1 saturated heterocycles. The monoisotopic (exact) mass is 505 g/mol. The van der Waals surface area contributed by atoms with Gasteiger partial charge >= 0.3 is 0 Å². The van der Waals surface area contributed by atoms with Gasteiger partial charge in [-0.1, -0.05) is 12.1 Å². The van der Waals surface area contributed by atoms with Gasteiger partial charge in [-0.3, -0.25) is 19.1 Å². The zero-order valence-electron chi connectivity index (χ0n) is 22.9. The number of aryl methyl sites for hydroxylation is 1. The van der Waals surface area contributed by atoms with E-state index >= 15 is 0 Å². The summed E-state index contributed by atoms with van der Waals surface area (Å²) in [5, 5.41) is 3.41. The van der Waals surface area contributed by atoms with E-state index in [0.717, 1.165) is 49.4 Å². The third-order valence-corrected chi connectivity index (χ3v) is 6.98. The summed E-state index contributed by atoms with van der Waals surface area (Å²) < 4.78 is 6.99. The molecule has 198 valence electrons. The molecule has 0 aliphatic carbocycles. The molecule has 4 rings (SSSR count). The van der Waals surface area contributed by atoms with Crippen molar-refractivity contribution in [2.45, 2.75) is 59.7 Å². The minimum Gasteiger partial charge on any atom is -0.496 e. The molecule has 1 aromatic heterocycles. The highest BCUT2D eigenvalue weighted by Gasteiger charge is 2.20. The van der Waals surface area contributed by atoms with Crippen molar-refractivity contribution in [1.82, 2.24) is 19.8 Å². The Morgan fingerprint density at radius 2 is 1.84 bits per heavy atom. The number of benzene rings is 2. The van der Waals surface area contributed by atoms with E-state index in [0.29, 0.717) is 28.5 Å². The van der Waals surface area contributed by atoms with Crippen LogP contribution in [0.1, 0.15) is 39.7 Å². The summed E-state index contributed by atoms with van der Waals surface area (Å²) in [4.78, 5) is 36.4. The summed E-state index contributed by atoms with van der Waals surface area (Å²) in [7, 11) is 1.62. The Morgan fingerprint density at radius 3 is 2.54 bits per heavy atom. The lowest BCUT2D eigenvalue weighted by Crippen LogP contribution is -2.37. The van der Waals surface area contributed by atoms with Crippen LogP contribution in [0, 0.1) is 6.92 Å². The molecule has 0 saturated carbocycles. The van der Waals surface area contributed by atoms with Crippen LogP contribution in [0.2, 0.25) is 0 Å². The van der Waals surface area contributed by atoms with Gasteiger partial charge < -0.3 is 15.0 Å². The highest BCUT2D eigenvalue weighted by molar-refractivity contribution is 5.85. The van der Waals surface area contributed by atoms with Crippen molar-refractivity contribution < 1.29 is 9.53 Å². The second kappa shape index (κ2) is 11.3. The van der Waals surface area contributed by atoms with Gasteiger partial charge in [0.15, 0.2) is 0 Å². The van der Waals surface area contributed by atoms with Crippen LogP contribution in [-0.2, 0) is 11.3 Å². The predicted octanol–water partition coefficient (Wildman–Crippen LogP) is 3.83. The van der Waals surface area contributed by atoms with Gasteiger partial charge in [0, 0.05) is 49.5 Å². The Bertz CT molecular complexity index is 1330. The van der Waals surface area contributed by atoms with Crippen LogP contribution >= 0.6 is 0 Å². The number of fused-ring (bicyclic) bond motifs is 1. The van der Waals surface area contributed by atoms with Crippen molar-refractivity contribution in [2.24, 2.45) is 0 Å². The topological polar surface area (TPSA) is 79.7 Å². The fourth-order valence-electron chi connectivity index (χ4n) is 4.95. The number of ether oxygens (including phenoxy) is 1. The molecule has 37 heavy (non-hydrogen) atoms. The van der Waals surface area contributed by atoms with E-state index < -0.39 is 0 Å². The second-order valence-electron chi connectivity index (χ2n) is 10.4. The van der Waals surface area contributed by atoms with Crippen molar-refractivity contribution in [1.29, 1.82) is 0 Å². The number of methoxy groups -OCH3 is 1. The first-order chi connectivity index (χ1) is 17.7. The minimum atomic E-state index is -0.226. The smallest absolute Gasteiger partial charge is 0.262 e. The van der Waals surface area contributed by atoms with Gasteiger partial charge in [-0.2, -0.15) is 0 Å². The highest BCUT2D eigenvalue weighted by atomic mass is 16.5. The fourth-order valence-corrected chi connectivity index (χ4v) is 4.95. The van der Waals surface area contributed by atoms with Gasteiger partial charge in [-0.05, 0) is 70.9 Å². The van der Waals surface area contributed by atoms with Crippen LogP contribution in [0.3, 0.4) is 0 Å². The van der Waals surface area contributed by atoms with Gasteiger partial charge in [-0.25, -0.2) is 4.98 Å². The number of hydrogen-bond acceptors (Lipinski definition) is 6. The van der Waals surface area contributed by atoms with Crippen LogP contribution in [-0.4, -0.2) is 65.7 Å². The molecule has 8 heteroatoms. The Morgan fingerprint density at radius 1 is 1.05 bits per heavy atom. The first kappa shape index (κ1) is 26.7. The molecule has 2 heterocycles. The van der Waals surface area contributed by atoms with E-state index in [1.807, 2.05) is 51.1 Å². The van der Waals surface area contributed by atoms with Gasteiger partial charge in [-0.15, -0.1) is 0 Å². The van der Waals surface area contributed by atoms with Crippen molar-refractivity contribution in [3.63, 3.8) is 0 Å². The normalized spacial score (nSPS) is 14.9. The lowest BCUT2D eigenvalue weighted by Gasteiger charge is -2.26. The molecule has 0 bridgehead atoms. The average Bonchev–Trinajstić information content (AvgIpc) is 3.12. The number of aromatic nitrogens is 2. The summed E-state index contributed by atoms with van der Waals surface area (Å²) in [5.41, 5.74) is 3.11. The van der Waals surface area contributed by atoms with E-state index in [4.69, 9.17) is 9.72 Å². The van der Waals surface area contributed by atoms with E-state index in [1.165, 1.54) is 4.57 Å². The van der Waals surface area contributed by atoms with Crippen LogP contribution in [0.25, 0.3) is 22.3 Å². The molecular weight excluding hydrogens is 466 g/mol. The molecule has 1 fully saturated rings. The lowest BCUT2D eigenvalue weighted by molar-refractivity contribution is -0.122. The first-order valence-electron chi connectivity index (χ1n) is 13.2. The third kappa shape index (κ3) is 5.96. The van der Waals surface area contributed by atoms with Crippen molar-refractivity contribution in [3.05, 3.63) is 52.3 Å². The van der Waals surface area contributed by atoms with Crippen LogP contribution in [0.5, 0.6) is 5.75 Å². The Labute approximate surface area is 219 Å². The summed E-state index contributed by atoms with van der Waals surface area (Å²) in [6.07, 6.45) is 1.07. The molecule has 0 atom stereocenters. The van der Waals surface area contributed by atoms with Gasteiger partial charge in [0.2, 0.25) is 5.91 Å². The van der Waals surface area contributed by atoms with Gasteiger partial charge in [0.05, 0.1) is 18.0 Å². The standard InChI is InChI=1S/C29H39N5O3/c1-19(2)30-27(35)18-34-28(22-9-8-21(5)26(16-22)37-6)31-25-11-10-23(17-24(25)29(34)36)33-13-7-12-32(14-15-33)20(3)4/h8-11,16-17,19-20H,7,12-15,18H2,1-6H3,(H,30,35). The molecule has 1 aliphatic rings. The zero-order chi connectivity index (χ0) is 26.7. The molecule has 0 spiro atoms. The Hall–Kier alpha value is -3.39. The molecule has 1 N–H and O–H groups in total. The number of nitrogens with zero attached hydrogens (tertiary/aromatic N) is 4. The Balaban J connectivity index is 1.80. The largest absolute Gasteiger partial charge is 0.496 e. The van der Waals surface area contributed by atoms with Crippen molar-refractivity contribution in [3.8, 4) is 17.1 Å². The predicted molar refractivity (Wildman–Crippen MR) is 150 cm³/mol. The molecule has 0 unspecified atom stereocenters. The first-order valence-corrected chi connectivity index (χ1v) is 13.2. The zero-order valence-corrected chi connectivity index (χ0v) is 22.9. The fraction of sp³-hybridized carbons (Fsp3) is 0.483. The van der Waals surface area contributed by atoms with Crippen molar-refractivity contribution in [2.75, 3.05) is 38.2 Å². The molecule has 8 nitrogen and oxygen atoms in total. The third-order valence-electron chi connectivity index (χ3n) is 6.98. The summed E-state index contributed by atoms with van der Waals surface area (Å²) in [6.45, 7) is 14.0. The highest BCUT2D eigenvalue weighted by Crippen LogP contribution is 2.28. The van der Waals surface area contributed by atoms with Crippen molar-refractivity contribution >= 4 is 22.5 Å². The van der Waals surface area contributed by atoms with Gasteiger partial charge in [0.25, 0.3) is 5.56 Å². The van der Waals surface area contributed by atoms with E-state index in [-0.39, 0.29) is 24.1 Å². The molecule has 2 aromatic carbocycles. The number of amides is 1. The number of nitrogens with one attached hydrogen (secondary N) is 1. The lowest BCUT2D eigenvalue weighted by atomic mass is 10.1. The van der Waals surface area contributed by atoms with E-state index in [2.05, 4.69) is 35.0 Å². The summed E-state index contributed by atoms with van der Waals surface area (Å²) >= 11 is 0. The Kier molecular flexibility index (Phi) is 8.17. The SMILES string of the molecule is COc1cc(-c2nc3ccc(N4CCCN(C(C)C)CC4)cc3c(=O)n2CC(=O)NC(C)C)ccc1C.